The fourth-order valence-corrected chi connectivity index (χ4v) is 3.99. The van der Waals surface area contributed by atoms with Gasteiger partial charge in [0, 0.05) is 19.0 Å². The molecule has 5 atom stereocenters. The van der Waals surface area contributed by atoms with E-state index in [0.29, 0.717) is 25.2 Å². The molecule has 2 bridgehead atoms. The topological polar surface area (TPSA) is 144 Å². The first-order chi connectivity index (χ1) is 12.5. The normalized spacial score (nSPS) is 31.8. The summed E-state index contributed by atoms with van der Waals surface area (Å²) in [5.41, 5.74) is 2.38. The molecule has 26 heavy (non-hydrogen) atoms. The first-order valence-corrected chi connectivity index (χ1v) is 9.44. The van der Waals surface area contributed by atoms with Crippen molar-refractivity contribution in [3.05, 3.63) is 0 Å². The highest BCUT2D eigenvalue weighted by molar-refractivity contribution is 7.74. The lowest BCUT2D eigenvalue weighted by Gasteiger charge is -2.29. The van der Waals surface area contributed by atoms with Gasteiger partial charge in [-0.1, -0.05) is 0 Å². The van der Waals surface area contributed by atoms with Gasteiger partial charge in [-0.25, -0.2) is 10.3 Å². The highest BCUT2D eigenvalue weighted by atomic mass is 32.2. The predicted molar refractivity (Wildman–Crippen MR) is 86.8 cm³/mol. The largest absolute Gasteiger partial charge is 0.346 e. The highest BCUT2D eigenvalue weighted by Gasteiger charge is 2.48. The van der Waals surface area contributed by atoms with Gasteiger partial charge in [0.1, 0.15) is 6.04 Å². The van der Waals surface area contributed by atoms with E-state index in [1.54, 1.807) is 0 Å². The summed E-state index contributed by atoms with van der Waals surface area (Å²) >= 11 is -2.59. The lowest BCUT2D eigenvalue weighted by atomic mass is 10.0. The number of nitrogens with one attached hydrogen (secondary N) is 2. The van der Waals surface area contributed by atoms with E-state index in [2.05, 4.69) is 21.1 Å². The van der Waals surface area contributed by atoms with E-state index >= 15 is 0 Å². The van der Waals surface area contributed by atoms with Gasteiger partial charge >= 0.3 is 17.4 Å². The molecule has 12 heteroatoms. The van der Waals surface area contributed by atoms with E-state index in [4.69, 9.17) is 14.7 Å². The summed E-state index contributed by atoms with van der Waals surface area (Å²) in [7, 11) is 0. The molecule has 3 aliphatic rings. The van der Waals surface area contributed by atoms with Gasteiger partial charge in [0.2, 0.25) is 0 Å². The first kappa shape index (κ1) is 19.0. The molecule has 144 valence electrons. The Morgan fingerprint density at radius 3 is 3.04 bits per heavy atom. The molecule has 3 unspecified atom stereocenters. The predicted octanol–water partition coefficient (Wildman–Crippen LogP) is -0.737. The van der Waals surface area contributed by atoms with Gasteiger partial charge in [0.15, 0.2) is 0 Å². The number of carbonyl (C=O) groups is 2. The van der Waals surface area contributed by atoms with Gasteiger partial charge in [-0.05, 0) is 31.7 Å². The third-order valence-electron chi connectivity index (χ3n) is 4.92. The summed E-state index contributed by atoms with van der Waals surface area (Å²) < 4.78 is 24.2. The van der Waals surface area contributed by atoms with Gasteiger partial charge in [0.25, 0.3) is 5.91 Å². The molecule has 3 heterocycles. The molecule has 3 aliphatic heterocycles. The number of rotatable bonds is 7. The number of hydroxylamine groups is 3. The molecular weight excluding hydrogens is 366 g/mol. The molecule has 11 nitrogen and oxygen atoms in total. The number of urea groups is 1. The first-order valence-electron chi connectivity index (χ1n) is 8.40. The quantitative estimate of drug-likeness (QED) is 0.383. The van der Waals surface area contributed by atoms with Crippen LogP contribution in [0, 0.1) is 17.2 Å². The maximum Gasteiger partial charge on any atom is 0.346 e. The number of nitriles is 1. The molecule has 0 spiro atoms. The second-order valence-electron chi connectivity index (χ2n) is 6.65. The summed E-state index contributed by atoms with van der Waals surface area (Å²) in [5.74, 6) is -0.139. The second-order valence-corrected chi connectivity index (χ2v) is 7.23. The minimum atomic E-state index is -2.59. The molecule has 3 saturated heterocycles. The molecule has 0 aromatic carbocycles. The zero-order valence-electron chi connectivity index (χ0n) is 14.0. The van der Waals surface area contributed by atoms with Crippen molar-refractivity contribution in [2.45, 2.75) is 43.8 Å². The third kappa shape index (κ3) is 4.13. The highest BCUT2D eigenvalue weighted by Crippen LogP contribution is 2.30. The SMILES string of the molecule is N#CC[C@@H]1CN[C@@H](CONC(=O)C2CCC3CN2C(=O)N3OS(=O)O)C1. The molecule has 3 amide bonds. The Kier molecular flexibility index (Phi) is 6.05. The maximum atomic E-state index is 12.3. The van der Waals surface area contributed by atoms with Crippen LogP contribution in [0.3, 0.4) is 0 Å². The molecule has 0 aromatic heterocycles. The molecule has 3 rings (SSSR count). The fourth-order valence-electron chi connectivity index (χ4n) is 3.67. The van der Waals surface area contributed by atoms with Gasteiger partial charge in [0.05, 0.1) is 18.7 Å². The number of hydrogen-bond donors (Lipinski definition) is 3. The lowest BCUT2D eigenvalue weighted by molar-refractivity contribution is -0.139. The number of piperidine rings is 1. The van der Waals surface area contributed by atoms with Crippen molar-refractivity contribution < 1.29 is 27.5 Å². The fraction of sp³-hybridized carbons (Fsp3) is 0.786. The Hall–Kier alpha value is -1.78. The minimum absolute atomic E-state index is 0.0706. The van der Waals surface area contributed by atoms with E-state index in [0.717, 1.165) is 18.0 Å². The smallest absolute Gasteiger partial charge is 0.311 e. The summed E-state index contributed by atoms with van der Waals surface area (Å²) in [6, 6.07) is 0.561. The summed E-state index contributed by atoms with van der Waals surface area (Å²) in [4.78, 5) is 31.2. The Balaban J connectivity index is 1.45. The number of carbonyl (C=O) groups excluding carboxylic acids is 2. The van der Waals surface area contributed by atoms with E-state index in [1.165, 1.54) is 4.90 Å². The Labute approximate surface area is 153 Å². The number of fused-ring (bicyclic) bond motifs is 2. The zero-order valence-corrected chi connectivity index (χ0v) is 14.8. The average Bonchev–Trinajstić information content (AvgIpc) is 3.14. The molecule has 3 fully saturated rings. The van der Waals surface area contributed by atoms with Crippen LogP contribution in [0.1, 0.15) is 25.7 Å². The molecule has 0 aromatic rings. The standard InChI is InChI=1S/C14H21N5O6S/c15-4-3-9-5-10(16-6-9)8-24-17-13(20)12-2-1-11-7-18(12)14(21)19(11)25-26(22)23/h9-12,16H,1-3,5-8H2,(H,17,20)(H,22,23)/t9-,10+,11?,12?/m0/s1. The summed E-state index contributed by atoms with van der Waals surface area (Å²) in [6.07, 6.45) is 2.20. The van der Waals surface area contributed by atoms with Crippen LogP contribution in [0.5, 0.6) is 0 Å². The van der Waals surface area contributed by atoms with Crippen molar-refractivity contribution in [3.8, 4) is 6.07 Å². The molecule has 0 saturated carbocycles. The van der Waals surface area contributed by atoms with Crippen LogP contribution in [0.2, 0.25) is 0 Å². The Morgan fingerprint density at radius 1 is 1.50 bits per heavy atom. The molecule has 0 radical (unpaired) electrons. The zero-order chi connectivity index (χ0) is 18.7. The maximum absolute atomic E-state index is 12.3. The van der Waals surface area contributed by atoms with E-state index in [1.807, 2.05) is 0 Å². The van der Waals surface area contributed by atoms with Crippen molar-refractivity contribution >= 4 is 23.3 Å². The van der Waals surface area contributed by atoms with Crippen molar-refractivity contribution in [1.82, 2.24) is 20.8 Å². The van der Waals surface area contributed by atoms with Crippen molar-refractivity contribution in [3.63, 3.8) is 0 Å². The molecule has 3 N–H and O–H groups in total. The molecule has 0 aliphatic carbocycles. The van der Waals surface area contributed by atoms with Crippen molar-refractivity contribution in [2.75, 3.05) is 19.7 Å². The van der Waals surface area contributed by atoms with Crippen molar-refractivity contribution in [1.29, 1.82) is 5.26 Å². The number of nitrogens with zero attached hydrogens (tertiary/aromatic N) is 3. The van der Waals surface area contributed by atoms with Gasteiger partial charge in [-0.2, -0.15) is 14.5 Å². The Bertz CT molecular complexity index is 627. The van der Waals surface area contributed by atoms with Crippen LogP contribution < -0.4 is 10.8 Å². The number of hydrogen-bond acceptors (Lipinski definition) is 7. The van der Waals surface area contributed by atoms with Gasteiger partial charge in [-0.15, -0.1) is 4.28 Å². The van der Waals surface area contributed by atoms with Crippen molar-refractivity contribution in [2.24, 2.45) is 5.92 Å². The number of amides is 3. The summed E-state index contributed by atoms with van der Waals surface area (Å²) in [6.45, 7) is 1.29. The van der Waals surface area contributed by atoms with Crippen LogP contribution in [-0.2, 0) is 25.3 Å². The second kappa shape index (κ2) is 8.28. The van der Waals surface area contributed by atoms with Crippen LogP contribution in [0.15, 0.2) is 0 Å². The van der Waals surface area contributed by atoms with Crippen LogP contribution in [0.4, 0.5) is 4.79 Å². The van der Waals surface area contributed by atoms with Crippen LogP contribution >= 0.6 is 0 Å². The summed E-state index contributed by atoms with van der Waals surface area (Å²) in [5, 5.41) is 12.8. The Morgan fingerprint density at radius 2 is 2.31 bits per heavy atom. The third-order valence-corrected chi connectivity index (χ3v) is 5.21. The van der Waals surface area contributed by atoms with Gasteiger partial charge < -0.3 is 10.2 Å². The van der Waals surface area contributed by atoms with Crippen LogP contribution in [0.25, 0.3) is 0 Å². The molecular formula is C14H21N5O6S. The van der Waals surface area contributed by atoms with Crippen LogP contribution in [-0.4, -0.2) is 68.5 Å². The minimum Gasteiger partial charge on any atom is -0.311 e. The van der Waals surface area contributed by atoms with E-state index in [-0.39, 0.29) is 25.2 Å². The van der Waals surface area contributed by atoms with E-state index in [9.17, 15) is 13.8 Å². The lowest BCUT2D eigenvalue weighted by Crippen LogP contribution is -2.50. The van der Waals surface area contributed by atoms with E-state index < -0.39 is 29.3 Å². The average molecular weight is 387 g/mol. The van der Waals surface area contributed by atoms with Gasteiger partial charge in [-0.3, -0.25) is 14.2 Å². The monoisotopic (exact) mass is 387 g/mol.